The van der Waals surface area contributed by atoms with Crippen molar-refractivity contribution in [3.63, 3.8) is 0 Å². The van der Waals surface area contributed by atoms with Crippen molar-refractivity contribution in [3.05, 3.63) is 64.9 Å². The van der Waals surface area contributed by atoms with Crippen molar-refractivity contribution in [2.24, 2.45) is 0 Å². The molecule has 0 N–H and O–H groups in total. The molecular weight excluding hydrogens is 445 g/mol. The van der Waals surface area contributed by atoms with Crippen molar-refractivity contribution in [3.8, 4) is 11.4 Å². The van der Waals surface area contributed by atoms with E-state index in [0.717, 1.165) is 22.5 Å². The fourth-order valence-corrected chi connectivity index (χ4v) is 4.43. The number of nitrogens with zero attached hydrogens (tertiary/aromatic N) is 5. The van der Waals surface area contributed by atoms with Gasteiger partial charge >= 0.3 is 0 Å². The maximum atomic E-state index is 14.1. The first-order valence-corrected chi connectivity index (χ1v) is 11.3. The number of hydrogen-bond donors (Lipinski definition) is 0. The molecule has 1 aliphatic heterocycles. The molecule has 9 heteroatoms. The second-order valence-corrected chi connectivity index (χ2v) is 9.04. The molecule has 0 spiro atoms. The predicted molar refractivity (Wildman–Crippen MR) is 123 cm³/mol. The van der Waals surface area contributed by atoms with E-state index < -0.39 is 5.82 Å². The summed E-state index contributed by atoms with van der Waals surface area (Å²) in [5.41, 5.74) is 1.93. The highest BCUT2D eigenvalue weighted by Gasteiger charge is 2.29. The van der Waals surface area contributed by atoms with E-state index in [2.05, 4.69) is 29.1 Å². The summed E-state index contributed by atoms with van der Waals surface area (Å²) >= 11 is 5.79. The van der Waals surface area contributed by atoms with Gasteiger partial charge < -0.3 is 9.42 Å². The number of aromatic nitrogens is 4. The monoisotopic (exact) mass is 467 g/mol. The number of carbonyl (C=O) groups excluding carboxylic acids is 1. The summed E-state index contributed by atoms with van der Waals surface area (Å²) in [5, 5.41) is 9.97. The molecule has 5 rings (SSSR count). The molecule has 170 valence electrons. The van der Waals surface area contributed by atoms with Crippen LogP contribution in [0.5, 0.6) is 0 Å². The third-order valence-electron chi connectivity index (χ3n) is 6.08. The maximum absolute atomic E-state index is 14.1. The zero-order valence-electron chi connectivity index (χ0n) is 18.3. The van der Waals surface area contributed by atoms with Crippen molar-refractivity contribution in [2.75, 3.05) is 13.1 Å². The van der Waals surface area contributed by atoms with Gasteiger partial charge in [-0.2, -0.15) is 10.1 Å². The molecule has 33 heavy (non-hydrogen) atoms. The SMILES string of the molecule is CC(C)n1ncc2ccc(-c3noc(C4CCN(C(=O)c5ccc(Cl)cc5F)CC4)n3)cc21. The Hall–Kier alpha value is -3.26. The molecule has 0 atom stereocenters. The zero-order chi connectivity index (χ0) is 23.1. The first-order chi connectivity index (χ1) is 15.9. The van der Waals surface area contributed by atoms with Gasteiger partial charge in [0, 0.05) is 41.0 Å². The van der Waals surface area contributed by atoms with E-state index in [0.29, 0.717) is 37.6 Å². The first-order valence-electron chi connectivity index (χ1n) is 11.0. The van der Waals surface area contributed by atoms with Crippen LogP contribution in [0.3, 0.4) is 0 Å². The predicted octanol–water partition coefficient (Wildman–Crippen LogP) is 5.48. The number of hydrogen-bond acceptors (Lipinski definition) is 5. The van der Waals surface area contributed by atoms with E-state index in [4.69, 9.17) is 16.1 Å². The Balaban J connectivity index is 1.29. The molecule has 1 aliphatic rings. The fourth-order valence-electron chi connectivity index (χ4n) is 4.27. The minimum absolute atomic E-state index is 0.0361. The summed E-state index contributed by atoms with van der Waals surface area (Å²) in [6.07, 6.45) is 3.19. The number of piperidine rings is 1. The minimum Gasteiger partial charge on any atom is -0.339 e. The van der Waals surface area contributed by atoms with Crippen LogP contribution in [-0.4, -0.2) is 43.8 Å². The lowest BCUT2D eigenvalue weighted by Gasteiger charge is -2.30. The van der Waals surface area contributed by atoms with Gasteiger partial charge in [-0.05, 0) is 51.0 Å². The van der Waals surface area contributed by atoms with E-state index in [1.807, 2.05) is 29.1 Å². The van der Waals surface area contributed by atoms with Gasteiger partial charge in [-0.15, -0.1) is 0 Å². The molecular formula is C24H23ClFN5O2. The van der Waals surface area contributed by atoms with Crippen LogP contribution in [0.25, 0.3) is 22.3 Å². The largest absolute Gasteiger partial charge is 0.339 e. The van der Waals surface area contributed by atoms with Crippen LogP contribution >= 0.6 is 11.6 Å². The molecule has 0 unspecified atom stereocenters. The number of rotatable bonds is 4. The lowest BCUT2D eigenvalue weighted by atomic mass is 9.96. The van der Waals surface area contributed by atoms with Gasteiger partial charge in [0.25, 0.3) is 5.91 Å². The van der Waals surface area contributed by atoms with Crippen molar-refractivity contribution in [1.82, 2.24) is 24.8 Å². The number of carbonyl (C=O) groups is 1. The van der Waals surface area contributed by atoms with E-state index >= 15 is 0 Å². The highest BCUT2D eigenvalue weighted by atomic mass is 35.5. The molecule has 1 saturated heterocycles. The Morgan fingerprint density at radius 3 is 2.70 bits per heavy atom. The molecule has 7 nitrogen and oxygen atoms in total. The minimum atomic E-state index is -0.605. The summed E-state index contributed by atoms with van der Waals surface area (Å²) in [4.78, 5) is 19.0. The molecule has 0 saturated carbocycles. The van der Waals surface area contributed by atoms with Crippen LogP contribution in [0.2, 0.25) is 5.02 Å². The Morgan fingerprint density at radius 1 is 1.18 bits per heavy atom. The van der Waals surface area contributed by atoms with Gasteiger partial charge in [0.15, 0.2) is 0 Å². The smallest absolute Gasteiger partial charge is 0.256 e. The molecule has 2 aromatic heterocycles. The van der Waals surface area contributed by atoms with Crippen LogP contribution in [0, 0.1) is 5.82 Å². The number of amides is 1. The Bertz CT molecular complexity index is 1320. The third kappa shape index (κ3) is 4.11. The number of likely N-dealkylation sites (tertiary alicyclic amines) is 1. The summed E-state index contributed by atoms with van der Waals surface area (Å²) in [6.45, 7) is 5.15. The standard InChI is InChI=1S/C24H23ClFN5O2/c1-14(2)31-21-11-16(3-4-17(21)13-27-31)22-28-23(33-29-22)15-7-9-30(10-8-15)24(32)19-6-5-18(25)12-20(19)26/h3-6,11-15H,7-10H2,1-2H3. The summed E-state index contributed by atoms with van der Waals surface area (Å²) in [7, 11) is 0. The quantitative estimate of drug-likeness (QED) is 0.397. The van der Waals surface area contributed by atoms with Crippen LogP contribution in [0.1, 0.15) is 54.9 Å². The molecule has 0 bridgehead atoms. The highest BCUT2D eigenvalue weighted by molar-refractivity contribution is 6.30. The van der Waals surface area contributed by atoms with Crippen molar-refractivity contribution in [1.29, 1.82) is 0 Å². The molecule has 3 heterocycles. The normalized spacial score (nSPS) is 15.0. The summed E-state index contributed by atoms with van der Waals surface area (Å²) < 4.78 is 21.7. The molecule has 1 fully saturated rings. The number of fused-ring (bicyclic) bond motifs is 1. The van der Waals surface area contributed by atoms with Gasteiger partial charge in [0.05, 0.1) is 17.3 Å². The van der Waals surface area contributed by atoms with Gasteiger partial charge in [-0.1, -0.05) is 28.9 Å². The van der Waals surface area contributed by atoms with Gasteiger partial charge in [-0.3, -0.25) is 9.48 Å². The van der Waals surface area contributed by atoms with E-state index in [9.17, 15) is 9.18 Å². The van der Waals surface area contributed by atoms with Crippen LogP contribution in [0.4, 0.5) is 4.39 Å². The maximum Gasteiger partial charge on any atom is 0.256 e. The molecule has 0 radical (unpaired) electrons. The summed E-state index contributed by atoms with van der Waals surface area (Å²) in [5.74, 6) is 0.212. The van der Waals surface area contributed by atoms with Crippen LogP contribution in [-0.2, 0) is 0 Å². The topological polar surface area (TPSA) is 77.0 Å². The van der Waals surface area contributed by atoms with Crippen LogP contribution in [0.15, 0.2) is 47.1 Å². The highest BCUT2D eigenvalue weighted by Crippen LogP contribution is 2.30. The Morgan fingerprint density at radius 2 is 1.97 bits per heavy atom. The van der Waals surface area contributed by atoms with Gasteiger partial charge in [-0.25, -0.2) is 4.39 Å². The van der Waals surface area contributed by atoms with Gasteiger partial charge in [0.1, 0.15) is 5.82 Å². The van der Waals surface area contributed by atoms with Crippen molar-refractivity contribution in [2.45, 2.75) is 38.6 Å². The number of benzene rings is 2. The Kier molecular flexibility index (Phi) is 5.62. The third-order valence-corrected chi connectivity index (χ3v) is 6.32. The second-order valence-electron chi connectivity index (χ2n) is 8.60. The number of halogens is 2. The lowest BCUT2D eigenvalue weighted by molar-refractivity contribution is 0.0700. The average Bonchev–Trinajstić information content (AvgIpc) is 3.46. The Labute approximate surface area is 195 Å². The summed E-state index contributed by atoms with van der Waals surface area (Å²) in [6, 6.07) is 10.4. The molecule has 2 aromatic carbocycles. The lowest BCUT2D eigenvalue weighted by Crippen LogP contribution is -2.38. The van der Waals surface area contributed by atoms with Crippen molar-refractivity contribution >= 4 is 28.4 Å². The molecule has 0 aliphatic carbocycles. The van der Waals surface area contributed by atoms with E-state index in [-0.39, 0.29) is 28.5 Å². The van der Waals surface area contributed by atoms with E-state index in [1.165, 1.54) is 12.1 Å². The van der Waals surface area contributed by atoms with E-state index in [1.54, 1.807) is 4.90 Å². The molecule has 4 aromatic rings. The zero-order valence-corrected chi connectivity index (χ0v) is 19.1. The molecule has 1 amide bonds. The average molecular weight is 468 g/mol. The fraction of sp³-hybridized carbons (Fsp3) is 0.333. The second kappa shape index (κ2) is 8.59. The van der Waals surface area contributed by atoms with Crippen molar-refractivity contribution < 1.29 is 13.7 Å². The van der Waals surface area contributed by atoms with Crippen LogP contribution < -0.4 is 0 Å². The van der Waals surface area contributed by atoms with Gasteiger partial charge in [0.2, 0.25) is 11.7 Å². The first kappa shape index (κ1) is 21.6.